The van der Waals surface area contributed by atoms with E-state index in [0.29, 0.717) is 11.3 Å². The molecular formula is C7H12Cl2N2. The molecule has 0 bridgehead atoms. The topological polar surface area (TPSA) is 55.3 Å². The third-order valence-electron chi connectivity index (χ3n) is 1.17. The SMILES string of the molecule is [2H]C([2H])([2H])c1ccc([NH3+])cc1[NH3+].[Cl-].[Cl-]. The first-order valence-electron chi connectivity index (χ1n) is 4.20. The molecule has 0 spiro atoms. The lowest BCUT2D eigenvalue weighted by Crippen LogP contribution is -3.00. The number of hydrogen-bond donors (Lipinski definition) is 2. The molecule has 11 heavy (non-hydrogen) atoms. The minimum atomic E-state index is -2.06. The van der Waals surface area contributed by atoms with E-state index in [9.17, 15) is 0 Å². The van der Waals surface area contributed by atoms with Crippen molar-refractivity contribution in [3.63, 3.8) is 0 Å². The molecule has 0 aliphatic carbocycles. The fourth-order valence-electron chi connectivity index (χ4n) is 0.647. The Morgan fingerprint density at radius 2 is 1.91 bits per heavy atom. The molecule has 0 amide bonds. The Morgan fingerprint density at radius 3 is 2.36 bits per heavy atom. The average Bonchev–Trinajstić information content (AvgIpc) is 1.83. The molecule has 0 aliphatic rings. The highest BCUT2D eigenvalue weighted by molar-refractivity contribution is 5.46. The quantitative estimate of drug-likeness (QED) is 0.417. The van der Waals surface area contributed by atoms with Crippen LogP contribution < -0.4 is 36.3 Å². The molecule has 2 nitrogen and oxygen atoms in total. The van der Waals surface area contributed by atoms with Crippen molar-refractivity contribution in [2.75, 3.05) is 0 Å². The van der Waals surface area contributed by atoms with Crippen LogP contribution in [0.1, 0.15) is 9.68 Å². The first-order chi connectivity index (χ1) is 5.41. The third kappa shape index (κ3) is 3.58. The van der Waals surface area contributed by atoms with Crippen LogP contribution in [-0.4, -0.2) is 0 Å². The molecule has 0 radical (unpaired) electrons. The van der Waals surface area contributed by atoms with E-state index in [1.54, 1.807) is 18.2 Å². The molecule has 4 heteroatoms. The second kappa shape index (κ2) is 5.38. The molecule has 0 saturated carbocycles. The van der Waals surface area contributed by atoms with Crippen molar-refractivity contribution in [1.82, 2.24) is 0 Å². The fraction of sp³-hybridized carbons (Fsp3) is 0.143. The number of aryl methyl sites for hydroxylation is 1. The van der Waals surface area contributed by atoms with Crippen LogP contribution in [0.4, 0.5) is 11.4 Å². The van der Waals surface area contributed by atoms with Crippen LogP contribution in [0.5, 0.6) is 0 Å². The molecule has 0 aromatic heterocycles. The Balaban J connectivity index is 0. The Morgan fingerprint density at radius 1 is 1.27 bits per heavy atom. The minimum absolute atomic E-state index is 0. The number of benzene rings is 1. The Labute approximate surface area is 83.0 Å². The van der Waals surface area contributed by atoms with E-state index in [0.717, 1.165) is 5.69 Å². The highest BCUT2D eigenvalue weighted by Gasteiger charge is 1.96. The van der Waals surface area contributed by atoms with Gasteiger partial charge in [-0.15, -0.1) is 0 Å². The van der Waals surface area contributed by atoms with Crippen molar-refractivity contribution in [1.29, 1.82) is 0 Å². The zero-order valence-corrected chi connectivity index (χ0v) is 7.41. The van der Waals surface area contributed by atoms with Crippen LogP contribution in [-0.2, 0) is 0 Å². The summed E-state index contributed by atoms with van der Waals surface area (Å²) in [6, 6.07) is 4.90. The van der Waals surface area contributed by atoms with Gasteiger partial charge < -0.3 is 36.3 Å². The van der Waals surface area contributed by atoms with Gasteiger partial charge >= 0.3 is 0 Å². The van der Waals surface area contributed by atoms with Crippen molar-refractivity contribution in [3.05, 3.63) is 23.8 Å². The van der Waals surface area contributed by atoms with Crippen LogP contribution in [0, 0.1) is 6.85 Å². The minimum Gasteiger partial charge on any atom is -1.00 e. The van der Waals surface area contributed by atoms with Gasteiger partial charge in [0.15, 0.2) is 0 Å². The van der Waals surface area contributed by atoms with Crippen LogP contribution in [0.3, 0.4) is 0 Å². The maximum Gasteiger partial charge on any atom is 0.136 e. The summed E-state index contributed by atoms with van der Waals surface area (Å²) in [5.41, 5.74) is 8.94. The lowest BCUT2D eigenvalue weighted by atomic mass is 10.2. The van der Waals surface area contributed by atoms with Crippen molar-refractivity contribution >= 4 is 11.4 Å². The highest BCUT2D eigenvalue weighted by Crippen LogP contribution is 2.10. The molecule has 1 rings (SSSR count). The summed E-state index contributed by atoms with van der Waals surface area (Å²) in [5.74, 6) is 0. The van der Waals surface area contributed by atoms with Crippen molar-refractivity contribution in [2.45, 2.75) is 6.85 Å². The van der Waals surface area contributed by atoms with Gasteiger partial charge in [0, 0.05) is 9.68 Å². The number of quaternary nitrogens is 2. The van der Waals surface area contributed by atoms with E-state index >= 15 is 0 Å². The Bertz CT molecular complexity index is 301. The summed E-state index contributed by atoms with van der Waals surface area (Å²) in [5, 5.41) is 0. The van der Waals surface area contributed by atoms with Gasteiger partial charge in [-0.05, 0) is 19.0 Å². The van der Waals surface area contributed by atoms with Crippen LogP contribution in [0.15, 0.2) is 18.2 Å². The summed E-state index contributed by atoms with van der Waals surface area (Å²) >= 11 is 0. The predicted molar refractivity (Wildman–Crippen MR) is 36.3 cm³/mol. The van der Waals surface area contributed by atoms with Gasteiger partial charge in [-0.2, -0.15) is 0 Å². The standard InChI is InChI=1S/C7H10N2.2ClH/c1-5-2-3-6(8)4-7(5)9;;/h2-4H,8-9H2,1H3;2*1H/i1D3;;. The zero-order chi connectivity index (χ0) is 9.35. The first kappa shape index (κ1) is 7.37. The van der Waals surface area contributed by atoms with E-state index in [-0.39, 0.29) is 24.8 Å². The predicted octanol–water partition coefficient (Wildman–Crippen LogP) is -6.25. The largest absolute Gasteiger partial charge is 1.00 e. The first-order valence-corrected chi connectivity index (χ1v) is 2.70. The summed E-state index contributed by atoms with van der Waals surface area (Å²) in [7, 11) is 0. The number of rotatable bonds is 0. The third-order valence-corrected chi connectivity index (χ3v) is 1.17. The summed E-state index contributed by atoms with van der Waals surface area (Å²) in [4.78, 5) is 0. The molecule has 0 heterocycles. The van der Waals surface area contributed by atoms with Crippen LogP contribution >= 0.6 is 0 Å². The van der Waals surface area contributed by atoms with E-state index < -0.39 is 6.85 Å². The Hall–Kier alpha value is -0.280. The Kier molecular flexibility index (Phi) is 3.61. The van der Waals surface area contributed by atoms with Gasteiger partial charge in [-0.25, -0.2) is 0 Å². The molecular weight excluding hydrogens is 183 g/mol. The highest BCUT2D eigenvalue weighted by atomic mass is 35.5. The summed E-state index contributed by atoms with van der Waals surface area (Å²) in [6.45, 7) is -2.06. The second-order valence-electron chi connectivity index (χ2n) is 1.99. The molecule has 0 aliphatic heterocycles. The van der Waals surface area contributed by atoms with Gasteiger partial charge in [0.05, 0.1) is 6.07 Å². The molecule has 0 saturated heterocycles. The molecule has 1 aromatic rings. The number of halogens is 2. The van der Waals surface area contributed by atoms with Crippen molar-refractivity contribution in [3.8, 4) is 0 Å². The van der Waals surface area contributed by atoms with Crippen molar-refractivity contribution in [2.24, 2.45) is 0 Å². The van der Waals surface area contributed by atoms with Gasteiger partial charge in [0.2, 0.25) is 0 Å². The van der Waals surface area contributed by atoms with E-state index in [1.165, 1.54) is 0 Å². The molecule has 64 valence electrons. The molecule has 0 atom stereocenters. The monoisotopic (exact) mass is 197 g/mol. The van der Waals surface area contributed by atoms with Crippen LogP contribution in [0.25, 0.3) is 0 Å². The maximum absolute atomic E-state index is 7.16. The lowest BCUT2D eigenvalue weighted by Gasteiger charge is -1.92. The van der Waals surface area contributed by atoms with Gasteiger partial charge in [0.25, 0.3) is 0 Å². The lowest BCUT2D eigenvalue weighted by molar-refractivity contribution is -0.266. The average molecular weight is 198 g/mol. The normalized spacial score (nSPS) is 13.1. The molecule has 6 N–H and O–H groups in total. The van der Waals surface area contributed by atoms with E-state index in [4.69, 9.17) is 4.11 Å². The fourth-order valence-corrected chi connectivity index (χ4v) is 0.647. The summed E-state index contributed by atoms with van der Waals surface area (Å²) in [6.07, 6.45) is 0. The second-order valence-corrected chi connectivity index (χ2v) is 1.99. The van der Waals surface area contributed by atoms with Gasteiger partial charge in [-0.3, -0.25) is 0 Å². The smallest absolute Gasteiger partial charge is 0.136 e. The number of hydrogen-bond acceptors (Lipinski definition) is 0. The van der Waals surface area contributed by atoms with Gasteiger partial charge in [0.1, 0.15) is 11.4 Å². The molecule has 0 fully saturated rings. The summed E-state index contributed by atoms with van der Waals surface area (Å²) < 4.78 is 21.5. The van der Waals surface area contributed by atoms with E-state index in [1.807, 2.05) is 0 Å². The van der Waals surface area contributed by atoms with Gasteiger partial charge in [-0.1, -0.05) is 0 Å². The molecule has 0 unspecified atom stereocenters. The maximum atomic E-state index is 7.16. The molecule has 1 aromatic carbocycles. The van der Waals surface area contributed by atoms with Crippen LogP contribution in [0.2, 0.25) is 0 Å². The van der Waals surface area contributed by atoms with Crippen molar-refractivity contribution < 1.29 is 40.4 Å². The zero-order valence-electron chi connectivity index (χ0n) is 8.90. The van der Waals surface area contributed by atoms with E-state index in [2.05, 4.69) is 11.5 Å².